The summed E-state index contributed by atoms with van der Waals surface area (Å²) in [6, 6.07) is 3.50. The Morgan fingerprint density at radius 2 is 2.00 bits per heavy atom. The quantitative estimate of drug-likeness (QED) is 0.378. The highest BCUT2D eigenvalue weighted by Gasteiger charge is 2.23. The van der Waals surface area contributed by atoms with Crippen LogP contribution in [-0.2, 0) is 4.79 Å². The number of oxime groups is 1. The third-order valence-corrected chi connectivity index (χ3v) is 4.19. The third kappa shape index (κ3) is 4.84. The van der Waals surface area contributed by atoms with E-state index in [1.54, 1.807) is 18.3 Å². The molecule has 1 aromatic heterocycles. The highest BCUT2D eigenvalue weighted by Crippen LogP contribution is 2.22. The van der Waals surface area contributed by atoms with Gasteiger partial charge in [0.2, 0.25) is 5.91 Å². The van der Waals surface area contributed by atoms with Gasteiger partial charge in [0.05, 0.1) is 0 Å². The van der Waals surface area contributed by atoms with Crippen LogP contribution in [0.4, 0.5) is 5.82 Å². The van der Waals surface area contributed by atoms with Gasteiger partial charge in [0, 0.05) is 44.4 Å². The van der Waals surface area contributed by atoms with Crippen molar-refractivity contribution in [3.05, 3.63) is 23.9 Å². The molecule has 0 aromatic carbocycles. The van der Waals surface area contributed by atoms with E-state index < -0.39 is 0 Å². The van der Waals surface area contributed by atoms with Crippen molar-refractivity contribution >= 4 is 17.6 Å². The molecule has 132 valence electrons. The van der Waals surface area contributed by atoms with Gasteiger partial charge in [-0.3, -0.25) is 4.79 Å². The van der Waals surface area contributed by atoms with Crippen LogP contribution in [0.3, 0.4) is 0 Å². The number of amidine groups is 1. The van der Waals surface area contributed by atoms with E-state index in [9.17, 15) is 4.79 Å². The molecule has 24 heavy (non-hydrogen) atoms. The molecule has 2 heterocycles. The highest BCUT2D eigenvalue weighted by atomic mass is 16.4. The van der Waals surface area contributed by atoms with Crippen molar-refractivity contribution in [2.75, 3.05) is 31.1 Å². The number of carbonyl (C=O) groups is 1. The molecule has 7 nitrogen and oxygen atoms in total. The Morgan fingerprint density at radius 1 is 1.33 bits per heavy atom. The molecule has 0 radical (unpaired) electrons. The second kappa shape index (κ2) is 7.51. The number of anilines is 1. The van der Waals surface area contributed by atoms with E-state index in [-0.39, 0.29) is 17.2 Å². The van der Waals surface area contributed by atoms with Gasteiger partial charge in [0.1, 0.15) is 5.82 Å². The molecule has 1 aromatic rings. The lowest BCUT2D eigenvalue weighted by atomic mass is 9.90. The summed E-state index contributed by atoms with van der Waals surface area (Å²) in [6.45, 7) is 9.30. The van der Waals surface area contributed by atoms with Crippen LogP contribution in [0, 0.1) is 5.41 Å². The molecule has 1 amide bonds. The molecule has 0 bridgehead atoms. The van der Waals surface area contributed by atoms with Gasteiger partial charge in [-0.05, 0) is 24.0 Å². The lowest BCUT2D eigenvalue weighted by molar-refractivity contribution is -0.132. The van der Waals surface area contributed by atoms with Crippen LogP contribution < -0.4 is 10.6 Å². The molecule has 3 N–H and O–H groups in total. The summed E-state index contributed by atoms with van der Waals surface area (Å²) >= 11 is 0. The second-order valence-electron chi connectivity index (χ2n) is 7.32. The van der Waals surface area contributed by atoms with Crippen LogP contribution in [-0.4, -0.2) is 53.0 Å². The molecule has 0 spiro atoms. The lowest BCUT2D eigenvalue weighted by Crippen LogP contribution is -2.49. The second-order valence-corrected chi connectivity index (χ2v) is 7.32. The monoisotopic (exact) mass is 333 g/mol. The van der Waals surface area contributed by atoms with Crippen molar-refractivity contribution < 1.29 is 10.0 Å². The first-order valence-corrected chi connectivity index (χ1v) is 8.27. The smallest absolute Gasteiger partial charge is 0.222 e. The SMILES string of the molecule is CC(C)(C)CCC(=O)N1CCN(c2cc(C(N)=NO)ccn2)CC1. The summed E-state index contributed by atoms with van der Waals surface area (Å²) in [5, 5.41) is 11.8. The van der Waals surface area contributed by atoms with E-state index in [1.165, 1.54) is 0 Å². The van der Waals surface area contributed by atoms with E-state index in [2.05, 4.69) is 35.8 Å². The molecular weight excluding hydrogens is 306 g/mol. The van der Waals surface area contributed by atoms with Crippen LogP contribution in [0.5, 0.6) is 0 Å². The molecule has 1 aliphatic heterocycles. The van der Waals surface area contributed by atoms with Crippen LogP contribution in [0.1, 0.15) is 39.2 Å². The molecule has 1 fully saturated rings. The van der Waals surface area contributed by atoms with Crippen molar-refractivity contribution in [3.8, 4) is 0 Å². The van der Waals surface area contributed by atoms with Gasteiger partial charge in [-0.15, -0.1) is 0 Å². The molecular formula is C17H27N5O2. The average molecular weight is 333 g/mol. The molecule has 0 atom stereocenters. The molecule has 0 unspecified atom stereocenters. The van der Waals surface area contributed by atoms with E-state index in [4.69, 9.17) is 10.9 Å². The van der Waals surface area contributed by atoms with Crippen LogP contribution >= 0.6 is 0 Å². The lowest BCUT2D eigenvalue weighted by Gasteiger charge is -2.36. The molecule has 1 aliphatic rings. The predicted octanol–water partition coefficient (Wildman–Crippen LogP) is 1.65. The van der Waals surface area contributed by atoms with Crippen molar-refractivity contribution in [2.45, 2.75) is 33.6 Å². The zero-order valence-electron chi connectivity index (χ0n) is 14.7. The topological polar surface area (TPSA) is 95.1 Å². The molecule has 2 rings (SSSR count). The van der Waals surface area contributed by atoms with Crippen molar-refractivity contribution in [1.29, 1.82) is 0 Å². The Kier molecular flexibility index (Phi) is 5.64. The van der Waals surface area contributed by atoms with Crippen LogP contribution in [0.2, 0.25) is 0 Å². The van der Waals surface area contributed by atoms with E-state index in [0.29, 0.717) is 25.1 Å². The van der Waals surface area contributed by atoms with Crippen molar-refractivity contribution in [1.82, 2.24) is 9.88 Å². The summed E-state index contributed by atoms with van der Waals surface area (Å²) in [4.78, 5) is 20.7. The zero-order valence-corrected chi connectivity index (χ0v) is 14.7. The number of piperazine rings is 1. The first-order valence-electron chi connectivity index (χ1n) is 8.27. The first-order chi connectivity index (χ1) is 11.3. The molecule has 1 saturated heterocycles. The molecule has 0 aliphatic carbocycles. The number of rotatable bonds is 4. The summed E-state index contributed by atoms with van der Waals surface area (Å²) in [6.07, 6.45) is 3.14. The largest absolute Gasteiger partial charge is 0.409 e. The maximum absolute atomic E-state index is 12.3. The Balaban J connectivity index is 1.92. The first kappa shape index (κ1) is 18.0. The maximum atomic E-state index is 12.3. The number of hydrogen-bond donors (Lipinski definition) is 2. The summed E-state index contributed by atoms with van der Waals surface area (Å²) in [5.74, 6) is 1.07. The maximum Gasteiger partial charge on any atom is 0.222 e. The predicted molar refractivity (Wildman–Crippen MR) is 94.2 cm³/mol. The summed E-state index contributed by atoms with van der Waals surface area (Å²) < 4.78 is 0. The average Bonchev–Trinajstić information content (AvgIpc) is 2.58. The zero-order chi connectivity index (χ0) is 17.7. The Morgan fingerprint density at radius 3 is 2.58 bits per heavy atom. The number of pyridine rings is 1. The Hall–Kier alpha value is -2.31. The van der Waals surface area contributed by atoms with Crippen molar-refractivity contribution in [3.63, 3.8) is 0 Å². The fraction of sp³-hybridized carbons (Fsp3) is 0.588. The number of amides is 1. The molecule has 0 saturated carbocycles. The molecule has 7 heteroatoms. The van der Waals surface area contributed by atoms with Crippen molar-refractivity contribution in [2.24, 2.45) is 16.3 Å². The standard InChI is InChI=1S/C17H27N5O2/c1-17(2,3)6-4-15(23)22-10-8-21(9-11-22)14-12-13(5-7-19-14)16(18)20-24/h5,7,12,24H,4,6,8-11H2,1-3H3,(H2,18,20). The highest BCUT2D eigenvalue weighted by molar-refractivity contribution is 5.97. The minimum atomic E-state index is 0.0645. The van der Waals surface area contributed by atoms with Gasteiger partial charge in [0.15, 0.2) is 5.84 Å². The number of carbonyl (C=O) groups excluding carboxylic acids is 1. The van der Waals surface area contributed by atoms with Gasteiger partial charge >= 0.3 is 0 Å². The third-order valence-electron chi connectivity index (χ3n) is 4.19. The Labute approximate surface area is 143 Å². The van der Waals surface area contributed by atoms with Gasteiger partial charge in [0.25, 0.3) is 0 Å². The van der Waals surface area contributed by atoms with E-state index in [1.807, 2.05) is 4.90 Å². The van der Waals surface area contributed by atoms with Gasteiger partial charge in [-0.2, -0.15) is 0 Å². The number of nitrogens with zero attached hydrogens (tertiary/aromatic N) is 4. The van der Waals surface area contributed by atoms with Crippen LogP contribution in [0.15, 0.2) is 23.5 Å². The van der Waals surface area contributed by atoms with Gasteiger partial charge in [-0.25, -0.2) is 4.98 Å². The van der Waals surface area contributed by atoms with Gasteiger partial charge in [-0.1, -0.05) is 25.9 Å². The normalized spacial score (nSPS) is 16.4. The fourth-order valence-electron chi connectivity index (χ4n) is 2.63. The number of aromatic nitrogens is 1. The van der Waals surface area contributed by atoms with Crippen LogP contribution in [0.25, 0.3) is 0 Å². The van der Waals surface area contributed by atoms with E-state index in [0.717, 1.165) is 25.3 Å². The van der Waals surface area contributed by atoms with Gasteiger partial charge < -0.3 is 20.7 Å². The Bertz CT molecular complexity index is 601. The summed E-state index contributed by atoms with van der Waals surface area (Å²) in [7, 11) is 0. The number of hydrogen-bond acceptors (Lipinski definition) is 5. The fourth-order valence-corrected chi connectivity index (χ4v) is 2.63. The minimum Gasteiger partial charge on any atom is -0.409 e. The summed E-state index contributed by atoms with van der Waals surface area (Å²) in [5.41, 5.74) is 6.43. The minimum absolute atomic E-state index is 0.0645. The van der Waals surface area contributed by atoms with E-state index >= 15 is 0 Å². The number of nitrogens with two attached hydrogens (primary N) is 1.